The maximum Gasteiger partial charge on any atom is 0.255 e. The minimum atomic E-state index is -0.784. The lowest BCUT2D eigenvalue weighted by Crippen LogP contribution is -2.37. The van der Waals surface area contributed by atoms with Gasteiger partial charge in [-0.1, -0.05) is 47.5 Å². The summed E-state index contributed by atoms with van der Waals surface area (Å²) in [5.74, 6) is -0.146. The highest BCUT2D eigenvalue weighted by molar-refractivity contribution is 5.94. The highest BCUT2D eigenvalue weighted by Gasteiger charge is 2.19. The standard InChI is InChI=1S/C19H23NO2/c1-14-11-15(2)13-17(12-14)19(22)20(3)18(21)10-9-16-7-5-4-6-8-16/h4-8,11-13,18,21H,9-10H2,1-3H3. The second-order valence-electron chi connectivity index (χ2n) is 5.80. The topological polar surface area (TPSA) is 40.5 Å². The number of aryl methyl sites for hydroxylation is 3. The fourth-order valence-electron chi connectivity index (χ4n) is 2.57. The molecule has 1 N–H and O–H groups in total. The number of hydrogen-bond acceptors (Lipinski definition) is 2. The summed E-state index contributed by atoms with van der Waals surface area (Å²) in [6.07, 6.45) is 0.484. The van der Waals surface area contributed by atoms with Gasteiger partial charge in [-0.2, -0.15) is 0 Å². The molecule has 0 heterocycles. The number of hydrogen-bond donors (Lipinski definition) is 1. The Labute approximate surface area is 132 Å². The van der Waals surface area contributed by atoms with Gasteiger partial charge in [-0.25, -0.2) is 0 Å². The Morgan fingerprint density at radius 3 is 2.27 bits per heavy atom. The van der Waals surface area contributed by atoms with Crippen LogP contribution in [0.25, 0.3) is 0 Å². The molecule has 0 aliphatic heterocycles. The number of benzene rings is 2. The fourth-order valence-corrected chi connectivity index (χ4v) is 2.57. The third kappa shape index (κ3) is 4.18. The summed E-state index contributed by atoms with van der Waals surface area (Å²) in [6, 6.07) is 15.7. The summed E-state index contributed by atoms with van der Waals surface area (Å²) in [6.45, 7) is 3.94. The van der Waals surface area contributed by atoms with Crippen LogP contribution in [0.2, 0.25) is 0 Å². The van der Waals surface area contributed by atoms with Gasteiger partial charge in [0.05, 0.1) is 0 Å². The number of nitrogens with zero attached hydrogens (tertiary/aromatic N) is 1. The second kappa shape index (κ2) is 7.23. The molecule has 0 fully saturated rings. The molecule has 2 rings (SSSR count). The first-order chi connectivity index (χ1) is 10.5. The predicted molar refractivity (Wildman–Crippen MR) is 88.8 cm³/mol. The van der Waals surface area contributed by atoms with Crippen LogP contribution in [-0.4, -0.2) is 29.2 Å². The number of carbonyl (C=O) groups excluding carboxylic acids is 1. The normalized spacial score (nSPS) is 12.0. The van der Waals surface area contributed by atoms with Crippen LogP contribution in [0, 0.1) is 13.8 Å². The van der Waals surface area contributed by atoms with Crippen molar-refractivity contribution < 1.29 is 9.90 Å². The molecule has 0 aliphatic carbocycles. The van der Waals surface area contributed by atoms with Crippen LogP contribution in [0.3, 0.4) is 0 Å². The molecule has 0 saturated heterocycles. The van der Waals surface area contributed by atoms with Crippen molar-refractivity contribution in [1.29, 1.82) is 0 Å². The van der Waals surface area contributed by atoms with E-state index in [1.807, 2.05) is 62.4 Å². The van der Waals surface area contributed by atoms with Gasteiger partial charge in [0.1, 0.15) is 6.23 Å². The van der Waals surface area contributed by atoms with E-state index in [1.165, 1.54) is 4.90 Å². The van der Waals surface area contributed by atoms with Crippen LogP contribution < -0.4 is 0 Å². The molecule has 1 amide bonds. The van der Waals surface area contributed by atoms with E-state index in [2.05, 4.69) is 0 Å². The van der Waals surface area contributed by atoms with Gasteiger partial charge < -0.3 is 10.0 Å². The van der Waals surface area contributed by atoms with Gasteiger partial charge in [0, 0.05) is 12.6 Å². The minimum Gasteiger partial charge on any atom is -0.374 e. The van der Waals surface area contributed by atoms with Gasteiger partial charge in [-0.15, -0.1) is 0 Å². The average molecular weight is 297 g/mol. The van der Waals surface area contributed by atoms with Crippen molar-refractivity contribution in [3.63, 3.8) is 0 Å². The lowest BCUT2D eigenvalue weighted by Gasteiger charge is -2.24. The molecule has 2 aromatic carbocycles. The molecule has 1 unspecified atom stereocenters. The summed E-state index contributed by atoms with van der Waals surface area (Å²) in [7, 11) is 1.65. The van der Waals surface area contributed by atoms with Crippen LogP contribution in [-0.2, 0) is 6.42 Å². The Hall–Kier alpha value is -2.13. The number of rotatable bonds is 5. The van der Waals surface area contributed by atoms with Gasteiger partial charge in [0.15, 0.2) is 0 Å². The van der Waals surface area contributed by atoms with Crippen molar-refractivity contribution in [2.45, 2.75) is 32.9 Å². The molecule has 116 valence electrons. The Kier molecular flexibility index (Phi) is 5.34. The van der Waals surface area contributed by atoms with Crippen LogP contribution in [0.1, 0.15) is 33.5 Å². The highest BCUT2D eigenvalue weighted by atomic mass is 16.3. The first-order valence-corrected chi connectivity index (χ1v) is 7.55. The Balaban J connectivity index is 2.00. The number of carbonyl (C=O) groups is 1. The Morgan fingerprint density at radius 1 is 1.09 bits per heavy atom. The SMILES string of the molecule is Cc1cc(C)cc(C(=O)N(C)C(O)CCc2ccccc2)c1. The molecule has 3 heteroatoms. The van der Waals surface area contributed by atoms with E-state index in [-0.39, 0.29) is 5.91 Å². The quantitative estimate of drug-likeness (QED) is 0.860. The van der Waals surface area contributed by atoms with Crippen molar-refractivity contribution in [3.8, 4) is 0 Å². The van der Waals surface area contributed by atoms with E-state index in [4.69, 9.17) is 0 Å². The zero-order valence-electron chi connectivity index (χ0n) is 13.4. The molecule has 0 radical (unpaired) electrons. The summed E-state index contributed by atoms with van der Waals surface area (Å²) in [5.41, 5.74) is 3.89. The van der Waals surface area contributed by atoms with E-state index in [9.17, 15) is 9.90 Å². The van der Waals surface area contributed by atoms with Crippen LogP contribution in [0.15, 0.2) is 48.5 Å². The number of amides is 1. The second-order valence-corrected chi connectivity index (χ2v) is 5.80. The van der Waals surface area contributed by atoms with Crippen molar-refractivity contribution in [1.82, 2.24) is 4.90 Å². The molecule has 2 aromatic rings. The van der Waals surface area contributed by atoms with E-state index >= 15 is 0 Å². The van der Waals surface area contributed by atoms with Gasteiger partial charge in [-0.05, 0) is 44.4 Å². The molecule has 1 atom stereocenters. The van der Waals surface area contributed by atoms with E-state index in [0.29, 0.717) is 12.0 Å². The third-order valence-electron chi connectivity index (χ3n) is 3.77. The fraction of sp³-hybridized carbons (Fsp3) is 0.316. The monoisotopic (exact) mass is 297 g/mol. The third-order valence-corrected chi connectivity index (χ3v) is 3.77. The molecule has 0 aliphatic rings. The Bertz CT molecular complexity index is 617. The summed E-state index contributed by atoms with van der Waals surface area (Å²) >= 11 is 0. The van der Waals surface area contributed by atoms with Crippen LogP contribution in [0.4, 0.5) is 0 Å². The summed E-state index contributed by atoms with van der Waals surface area (Å²) in [5, 5.41) is 10.3. The van der Waals surface area contributed by atoms with Crippen LogP contribution >= 0.6 is 0 Å². The summed E-state index contributed by atoms with van der Waals surface area (Å²) < 4.78 is 0. The smallest absolute Gasteiger partial charge is 0.255 e. The van der Waals surface area contributed by atoms with E-state index in [1.54, 1.807) is 7.05 Å². The first-order valence-electron chi connectivity index (χ1n) is 7.55. The van der Waals surface area contributed by atoms with E-state index in [0.717, 1.165) is 23.1 Å². The van der Waals surface area contributed by atoms with Gasteiger partial charge in [0.2, 0.25) is 0 Å². The first kappa shape index (κ1) is 16.2. The van der Waals surface area contributed by atoms with Crippen LogP contribution in [0.5, 0.6) is 0 Å². The molecule has 0 saturated carbocycles. The van der Waals surface area contributed by atoms with Crippen molar-refractivity contribution in [2.75, 3.05) is 7.05 Å². The van der Waals surface area contributed by atoms with Gasteiger partial charge in [0.25, 0.3) is 5.91 Å². The minimum absolute atomic E-state index is 0.146. The molecule has 0 spiro atoms. The molecule has 3 nitrogen and oxygen atoms in total. The van der Waals surface area contributed by atoms with Gasteiger partial charge in [-0.3, -0.25) is 4.79 Å². The van der Waals surface area contributed by atoms with Crippen molar-refractivity contribution >= 4 is 5.91 Å². The predicted octanol–water partition coefficient (Wildman–Crippen LogP) is 3.33. The number of aliphatic hydroxyl groups is 1. The molecular weight excluding hydrogens is 274 g/mol. The molecule has 0 bridgehead atoms. The van der Waals surface area contributed by atoms with E-state index < -0.39 is 6.23 Å². The number of aliphatic hydroxyl groups excluding tert-OH is 1. The lowest BCUT2D eigenvalue weighted by molar-refractivity contribution is 0.0159. The highest BCUT2D eigenvalue weighted by Crippen LogP contribution is 2.14. The molecule has 0 aromatic heterocycles. The molecular formula is C19H23NO2. The maximum absolute atomic E-state index is 12.5. The summed E-state index contributed by atoms with van der Waals surface area (Å²) in [4.78, 5) is 13.9. The Morgan fingerprint density at radius 2 is 1.68 bits per heavy atom. The lowest BCUT2D eigenvalue weighted by atomic mass is 10.1. The average Bonchev–Trinajstić information content (AvgIpc) is 2.51. The van der Waals surface area contributed by atoms with Gasteiger partial charge >= 0.3 is 0 Å². The van der Waals surface area contributed by atoms with Crippen molar-refractivity contribution in [3.05, 3.63) is 70.8 Å². The largest absolute Gasteiger partial charge is 0.374 e. The van der Waals surface area contributed by atoms with Crippen molar-refractivity contribution in [2.24, 2.45) is 0 Å². The molecule has 22 heavy (non-hydrogen) atoms. The zero-order valence-corrected chi connectivity index (χ0v) is 13.4. The maximum atomic E-state index is 12.5. The zero-order chi connectivity index (χ0) is 16.1.